The molecule has 4 rings (SSSR count). The highest BCUT2D eigenvalue weighted by Gasteiger charge is 2.19. The van der Waals surface area contributed by atoms with Gasteiger partial charge in [0.15, 0.2) is 0 Å². The number of carbonyl (C=O) groups excluding carboxylic acids is 1. The molecule has 1 fully saturated rings. The van der Waals surface area contributed by atoms with E-state index in [-0.39, 0.29) is 5.91 Å². The van der Waals surface area contributed by atoms with E-state index in [1.54, 1.807) is 11.3 Å². The number of benzene rings is 2. The maximum absolute atomic E-state index is 12.4. The number of para-hydroxylation sites is 1. The van der Waals surface area contributed by atoms with E-state index in [1.165, 1.54) is 5.69 Å². The van der Waals surface area contributed by atoms with E-state index in [0.29, 0.717) is 5.69 Å². The third kappa shape index (κ3) is 4.58. The van der Waals surface area contributed by atoms with Crippen molar-refractivity contribution < 1.29 is 4.79 Å². The van der Waals surface area contributed by atoms with Crippen LogP contribution in [0.1, 0.15) is 21.1 Å². The van der Waals surface area contributed by atoms with E-state index >= 15 is 0 Å². The van der Waals surface area contributed by atoms with Gasteiger partial charge in [0.1, 0.15) is 10.7 Å². The van der Waals surface area contributed by atoms with Gasteiger partial charge in [-0.1, -0.05) is 30.3 Å². The van der Waals surface area contributed by atoms with Crippen LogP contribution >= 0.6 is 11.3 Å². The molecule has 144 valence electrons. The molecule has 0 aliphatic carbocycles. The smallest absolute Gasteiger partial charge is 0.275 e. The quantitative estimate of drug-likeness (QED) is 0.712. The second-order valence-electron chi connectivity index (χ2n) is 7.05. The van der Waals surface area contributed by atoms with Crippen molar-refractivity contribution >= 4 is 28.6 Å². The molecule has 3 aromatic rings. The van der Waals surface area contributed by atoms with Crippen molar-refractivity contribution in [2.45, 2.75) is 13.5 Å². The fourth-order valence-corrected chi connectivity index (χ4v) is 4.22. The molecule has 1 N–H and O–H groups in total. The van der Waals surface area contributed by atoms with Gasteiger partial charge in [-0.2, -0.15) is 0 Å². The summed E-state index contributed by atoms with van der Waals surface area (Å²) in [4.78, 5) is 21.8. The van der Waals surface area contributed by atoms with E-state index in [4.69, 9.17) is 0 Å². The Kier molecular flexibility index (Phi) is 5.69. The van der Waals surface area contributed by atoms with Gasteiger partial charge in [0, 0.05) is 42.9 Å². The zero-order valence-electron chi connectivity index (χ0n) is 16.0. The van der Waals surface area contributed by atoms with Crippen LogP contribution in [0.3, 0.4) is 0 Å². The number of thiazole rings is 1. The third-order valence-electron chi connectivity index (χ3n) is 4.91. The summed E-state index contributed by atoms with van der Waals surface area (Å²) >= 11 is 1.56. The van der Waals surface area contributed by atoms with Gasteiger partial charge in [0.05, 0.1) is 6.54 Å². The summed E-state index contributed by atoms with van der Waals surface area (Å²) in [7, 11) is 0. The second kappa shape index (κ2) is 8.54. The number of amides is 1. The Morgan fingerprint density at radius 2 is 1.86 bits per heavy atom. The Labute approximate surface area is 169 Å². The number of nitrogens with zero attached hydrogens (tertiary/aromatic N) is 3. The van der Waals surface area contributed by atoms with Gasteiger partial charge in [0.25, 0.3) is 5.91 Å². The molecular weight excluding hydrogens is 368 g/mol. The predicted octanol–water partition coefficient (Wildman–Crippen LogP) is 4.03. The first-order valence-electron chi connectivity index (χ1n) is 9.52. The molecular formula is C22H24N4OS. The molecule has 28 heavy (non-hydrogen) atoms. The van der Waals surface area contributed by atoms with Crippen LogP contribution in [-0.2, 0) is 6.54 Å². The number of hydrogen-bond donors (Lipinski definition) is 1. The van der Waals surface area contributed by atoms with Crippen molar-refractivity contribution in [1.82, 2.24) is 9.88 Å². The molecule has 5 nitrogen and oxygen atoms in total. The van der Waals surface area contributed by atoms with Gasteiger partial charge in [-0.05, 0) is 36.8 Å². The molecule has 0 unspecified atom stereocenters. The molecule has 6 heteroatoms. The van der Waals surface area contributed by atoms with Gasteiger partial charge < -0.3 is 10.2 Å². The number of aromatic nitrogens is 1. The summed E-state index contributed by atoms with van der Waals surface area (Å²) in [6.07, 6.45) is 0. The van der Waals surface area contributed by atoms with Gasteiger partial charge >= 0.3 is 0 Å². The maximum Gasteiger partial charge on any atom is 0.275 e. The first-order chi connectivity index (χ1) is 13.7. The van der Waals surface area contributed by atoms with E-state index < -0.39 is 0 Å². The highest BCUT2D eigenvalue weighted by atomic mass is 32.1. The Balaban J connectivity index is 1.31. The minimum absolute atomic E-state index is 0.151. The van der Waals surface area contributed by atoms with Crippen LogP contribution in [0.2, 0.25) is 0 Å². The summed E-state index contributed by atoms with van der Waals surface area (Å²) < 4.78 is 0. The van der Waals surface area contributed by atoms with Crippen molar-refractivity contribution in [2.24, 2.45) is 0 Å². The topological polar surface area (TPSA) is 48.5 Å². The number of aryl methyl sites for hydroxylation is 1. The highest BCUT2D eigenvalue weighted by Crippen LogP contribution is 2.19. The molecule has 1 amide bonds. The lowest BCUT2D eigenvalue weighted by atomic mass is 10.2. The molecule has 0 radical (unpaired) electrons. The average molecular weight is 393 g/mol. The number of piperazine rings is 1. The average Bonchev–Trinajstić information content (AvgIpc) is 3.18. The Morgan fingerprint density at radius 1 is 1.07 bits per heavy atom. The van der Waals surface area contributed by atoms with Crippen LogP contribution in [0.15, 0.2) is 60.0 Å². The van der Waals surface area contributed by atoms with Crippen LogP contribution < -0.4 is 10.2 Å². The molecule has 1 aromatic heterocycles. The van der Waals surface area contributed by atoms with Crippen molar-refractivity contribution in [3.8, 4) is 0 Å². The van der Waals surface area contributed by atoms with E-state index in [2.05, 4.69) is 50.4 Å². The monoisotopic (exact) mass is 392 g/mol. The standard InChI is InChI=1S/C22H24N4OS/c1-17-6-5-7-18(14-17)23-22(27)20-16-28-21(24-20)15-25-10-12-26(13-11-25)19-8-3-2-4-9-19/h2-9,14,16H,10-13,15H2,1H3,(H,23,27). The first kappa shape index (κ1) is 18.7. The Hall–Kier alpha value is -2.70. The first-order valence-corrected chi connectivity index (χ1v) is 10.4. The highest BCUT2D eigenvalue weighted by molar-refractivity contribution is 7.09. The van der Waals surface area contributed by atoms with E-state index in [1.807, 2.05) is 36.6 Å². The zero-order chi connectivity index (χ0) is 19.3. The molecule has 1 aliphatic heterocycles. The molecule has 0 saturated carbocycles. The van der Waals surface area contributed by atoms with Crippen molar-refractivity contribution in [3.63, 3.8) is 0 Å². The summed E-state index contributed by atoms with van der Waals surface area (Å²) in [6.45, 7) is 6.82. The van der Waals surface area contributed by atoms with Crippen molar-refractivity contribution in [1.29, 1.82) is 0 Å². The Morgan fingerprint density at radius 3 is 2.61 bits per heavy atom. The van der Waals surface area contributed by atoms with Crippen LogP contribution in [0.4, 0.5) is 11.4 Å². The van der Waals surface area contributed by atoms with Crippen LogP contribution in [0, 0.1) is 6.92 Å². The molecule has 1 saturated heterocycles. The van der Waals surface area contributed by atoms with Crippen LogP contribution in [-0.4, -0.2) is 42.0 Å². The summed E-state index contributed by atoms with van der Waals surface area (Å²) in [5.41, 5.74) is 3.69. The summed E-state index contributed by atoms with van der Waals surface area (Å²) in [6, 6.07) is 18.3. The van der Waals surface area contributed by atoms with Gasteiger partial charge in [-0.3, -0.25) is 9.69 Å². The van der Waals surface area contributed by atoms with Gasteiger partial charge in [0.2, 0.25) is 0 Å². The Bertz CT molecular complexity index is 932. The van der Waals surface area contributed by atoms with Crippen LogP contribution in [0.5, 0.6) is 0 Å². The molecule has 2 heterocycles. The molecule has 0 atom stereocenters. The minimum Gasteiger partial charge on any atom is -0.369 e. The van der Waals surface area contributed by atoms with E-state index in [0.717, 1.165) is 49.0 Å². The van der Waals surface area contributed by atoms with Gasteiger partial charge in [-0.25, -0.2) is 4.98 Å². The number of carbonyl (C=O) groups is 1. The van der Waals surface area contributed by atoms with E-state index in [9.17, 15) is 4.79 Å². The fourth-order valence-electron chi connectivity index (χ4n) is 3.40. The van der Waals surface area contributed by atoms with Crippen molar-refractivity contribution in [2.75, 3.05) is 36.4 Å². The predicted molar refractivity (Wildman–Crippen MR) is 115 cm³/mol. The number of hydrogen-bond acceptors (Lipinski definition) is 5. The van der Waals surface area contributed by atoms with Crippen LogP contribution in [0.25, 0.3) is 0 Å². The summed E-state index contributed by atoms with van der Waals surface area (Å²) in [5.74, 6) is -0.151. The summed E-state index contributed by atoms with van der Waals surface area (Å²) in [5, 5.41) is 5.76. The number of nitrogens with one attached hydrogen (secondary N) is 1. The van der Waals surface area contributed by atoms with Gasteiger partial charge in [-0.15, -0.1) is 11.3 Å². The number of anilines is 2. The lowest BCUT2D eigenvalue weighted by Crippen LogP contribution is -2.45. The lowest BCUT2D eigenvalue weighted by molar-refractivity contribution is 0.102. The molecule has 0 spiro atoms. The maximum atomic E-state index is 12.4. The largest absolute Gasteiger partial charge is 0.369 e. The fraction of sp³-hybridized carbons (Fsp3) is 0.273. The molecule has 2 aromatic carbocycles. The molecule has 1 aliphatic rings. The zero-order valence-corrected chi connectivity index (χ0v) is 16.8. The number of rotatable bonds is 5. The minimum atomic E-state index is -0.151. The third-order valence-corrected chi connectivity index (χ3v) is 5.75. The lowest BCUT2D eigenvalue weighted by Gasteiger charge is -2.35. The second-order valence-corrected chi connectivity index (χ2v) is 7.99. The van der Waals surface area contributed by atoms with Crippen molar-refractivity contribution in [3.05, 3.63) is 76.2 Å². The SMILES string of the molecule is Cc1cccc(NC(=O)c2csc(CN3CCN(c4ccccc4)CC3)n2)c1. The normalized spacial score (nSPS) is 14.8. The molecule has 0 bridgehead atoms.